The normalized spacial score (nSPS) is 12.0. The smallest absolute Gasteiger partial charge is 0.213 e. The van der Waals surface area contributed by atoms with Gasteiger partial charge in [-0.15, -0.1) is 0 Å². The van der Waals surface area contributed by atoms with E-state index in [1.807, 2.05) is 25.1 Å². The number of benzene rings is 1. The highest BCUT2D eigenvalue weighted by Crippen LogP contribution is 2.13. The minimum Gasteiger partial charge on any atom is -0.399 e. The Morgan fingerprint density at radius 2 is 2.00 bits per heavy atom. The van der Waals surface area contributed by atoms with E-state index < -0.39 is 10.0 Å². The molecule has 0 saturated heterocycles. The second-order valence-electron chi connectivity index (χ2n) is 4.16. The van der Waals surface area contributed by atoms with Gasteiger partial charge in [-0.1, -0.05) is 12.1 Å². The van der Waals surface area contributed by atoms with Crippen molar-refractivity contribution in [2.45, 2.75) is 20.3 Å². The number of anilines is 1. The number of nitrogens with two attached hydrogens (primary N) is 1. The first-order chi connectivity index (χ1) is 7.86. The molecule has 1 aromatic carbocycles. The molecular weight excluding hydrogens is 236 g/mol. The van der Waals surface area contributed by atoms with E-state index in [4.69, 9.17) is 5.73 Å². The fourth-order valence-corrected chi connectivity index (χ4v) is 2.35. The van der Waals surface area contributed by atoms with Gasteiger partial charge in [0, 0.05) is 19.3 Å². The summed E-state index contributed by atoms with van der Waals surface area (Å²) < 4.78 is 24.5. The zero-order chi connectivity index (χ0) is 13.1. The topological polar surface area (TPSA) is 63.4 Å². The lowest BCUT2D eigenvalue weighted by Crippen LogP contribution is -2.30. The quantitative estimate of drug-likeness (QED) is 0.810. The number of nitrogens with zero attached hydrogens (tertiary/aromatic N) is 1. The van der Waals surface area contributed by atoms with Crippen LogP contribution in [0.4, 0.5) is 5.69 Å². The summed E-state index contributed by atoms with van der Waals surface area (Å²) in [5.74, 6) is 0.143. The molecule has 0 spiro atoms. The summed E-state index contributed by atoms with van der Waals surface area (Å²) in [7, 11) is -1.46. The predicted molar refractivity (Wildman–Crippen MR) is 71.4 cm³/mol. The Morgan fingerprint density at radius 3 is 2.53 bits per heavy atom. The van der Waals surface area contributed by atoms with Gasteiger partial charge in [0.1, 0.15) is 0 Å². The molecule has 2 N–H and O–H groups in total. The zero-order valence-corrected chi connectivity index (χ0v) is 11.4. The Hall–Kier alpha value is -1.07. The van der Waals surface area contributed by atoms with E-state index in [2.05, 4.69) is 0 Å². The molecule has 5 heteroatoms. The molecule has 4 nitrogen and oxygen atoms in total. The first-order valence-electron chi connectivity index (χ1n) is 5.66. The third kappa shape index (κ3) is 3.71. The lowest BCUT2D eigenvalue weighted by atomic mass is 10.1. The van der Waals surface area contributed by atoms with Crippen molar-refractivity contribution in [3.63, 3.8) is 0 Å². The van der Waals surface area contributed by atoms with Crippen LogP contribution in [0.15, 0.2) is 18.2 Å². The van der Waals surface area contributed by atoms with Gasteiger partial charge in [0.05, 0.1) is 5.75 Å². The van der Waals surface area contributed by atoms with Crippen LogP contribution in [0.1, 0.15) is 18.1 Å². The van der Waals surface area contributed by atoms with Gasteiger partial charge in [-0.2, -0.15) is 0 Å². The van der Waals surface area contributed by atoms with Gasteiger partial charge in [0.2, 0.25) is 10.0 Å². The van der Waals surface area contributed by atoms with Gasteiger partial charge >= 0.3 is 0 Å². The van der Waals surface area contributed by atoms with Crippen LogP contribution in [-0.4, -0.2) is 32.1 Å². The molecule has 0 amide bonds. The Bertz CT molecular complexity index is 483. The highest BCUT2D eigenvalue weighted by molar-refractivity contribution is 7.89. The van der Waals surface area contributed by atoms with Gasteiger partial charge in [0.15, 0.2) is 0 Å². The fraction of sp³-hybridized carbons (Fsp3) is 0.500. The van der Waals surface area contributed by atoms with Gasteiger partial charge in [-0.25, -0.2) is 12.7 Å². The van der Waals surface area contributed by atoms with E-state index in [1.54, 1.807) is 14.0 Å². The number of likely N-dealkylation sites (N-methyl/N-ethyl adjacent to an activating group) is 1. The summed E-state index contributed by atoms with van der Waals surface area (Å²) in [5.41, 5.74) is 8.63. The van der Waals surface area contributed by atoms with Crippen LogP contribution in [-0.2, 0) is 16.4 Å². The highest BCUT2D eigenvalue weighted by Gasteiger charge is 2.14. The predicted octanol–water partition coefficient (Wildman–Crippen LogP) is 1.40. The highest BCUT2D eigenvalue weighted by atomic mass is 32.2. The molecule has 0 atom stereocenters. The number of hydrogen-bond donors (Lipinski definition) is 1. The second-order valence-corrected chi connectivity index (χ2v) is 6.53. The Balaban J connectivity index is 2.65. The number of aryl methyl sites for hydroxylation is 1. The molecule has 0 bridgehead atoms. The number of sulfonamides is 1. The molecular formula is C12H20N2O2S. The molecule has 0 fully saturated rings. The van der Waals surface area contributed by atoms with E-state index in [1.165, 1.54) is 4.31 Å². The molecule has 0 aliphatic heterocycles. The summed E-state index contributed by atoms with van der Waals surface area (Å²) in [6.45, 7) is 4.10. The lowest BCUT2D eigenvalue weighted by molar-refractivity contribution is 0.473. The van der Waals surface area contributed by atoms with Crippen LogP contribution < -0.4 is 5.73 Å². The van der Waals surface area contributed by atoms with Crippen molar-refractivity contribution < 1.29 is 8.42 Å². The average Bonchev–Trinajstić information content (AvgIpc) is 2.30. The molecule has 1 rings (SSSR count). The maximum absolute atomic E-state index is 11.5. The molecule has 0 saturated carbocycles. The Labute approximate surface area is 103 Å². The summed E-state index contributed by atoms with van der Waals surface area (Å²) in [5, 5.41) is 0. The Morgan fingerprint density at radius 1 is 1.35 bits per heavy atom. The van der Waals surface area contributed by atoms with Crippen molar-refractivity contribution in [2.24, 2.45) is 0 Å². The van der Waals surface area contributed by atoms with Gasteiger partial charge in [0.25, 0.3) is 0 Å². The zero-order valence-electron chi connectivity index (χ0n) is 10.6. The van der Waals surface area contributed by atoms with Crippen molar-refractivity contribution in [3.05, 3.63) is 29.3 Å². The Kier molecular flexibility index (Phi) is 4.54. The standard InChI is InChI=1S/C12H20N2O2S/c1-4-17(15,16)14(3)8-7-11-5-6-12(13)10(2)9-11/h5-6,9H,4,7-8,13H2,1-3H3. The maximum atomic E-state index is 11.5. The third-order valence-electron chi connectivity index (χ3n) is 2.89. The minimum atomic E-state index is -3.08. The van der Waals surface area contributed by atoms with Crippen molar-refractivity contribution in [1.82, 2.24) is 4.31 Å². The van der Waals surface area contributed by atoms with Crippen LogP contribution in [0.2, 0.25) is 0 Å². The van der Waals surface area contributed by atoms with Crippen LogP contribution in [0, 0.1) is 6.92 Å². The van der Waals surface area contributed by atoms with Crippen LogP contribution in [0.3, 0.4) is 0 Å². The molecule has 0 aliphatic carbocycles. The third-order valence-corrected chi connectivity index (χ3v) is 4.75. The molecule has 0 unspecified atom stereocenters. The van der Waals surface area contributed by atoms with E-state index in [0.29, 0.717) is 13.0 Å². The van der Waals surface area contributed by atoms with E-state index >= 15 is 0 Å². The average molecular weight is 256 g/mol. The molecule has 0 radical (unpaired) electrons. The largest absolute Gasteiger partial charge is 0.399 e. The first-order valence-corrected chi connectivity index (χ1v) is 7.26. The van der Waals surface area contributed by atoms with Crippen LogP contribution >= 0.6 is 0 Å². The molecule has 0 aliphatic rings. The van der Waals surface area contributed by atoms with Crippen LogP contribution in [0.25, 0.3) is 0 Å². The van der Waals surface area contributed by atoms with Gasteiger partial charge in [-0.05, 0) is 37.5 Å². The maximum Gasteiger partial charge on any atom is 0.213 e. The molecule has 96 valence electrons. The van der Waals surface area contributed by atoms with Gasteiger partial charge < -0.3 is 5.73 Å². The van der Waals surface area contributed by atoms with Crippen molar-refractivity contribution in [3.8, 4) is 0 Å². The monoisotopic (exact) mass is 256 g/mol. The molecule has 0 aromatic heterocycles. The molecule has 1 aromatic rings. The van der Waals surface area contributed by atoms with Crippen molar-refractivity contribution in [2.75, 3.05) is 25.1 Å². The van der Waals surface area contributed by atoms with E-state index in [0.717, 1.165) is 16.8 Å². The summed E-state index contributed by atoms with van der Waals surface area (Å²) in [6.07, 6.45) is 0.705. The number of nitrogen functional groups attached to an aromatic ring is 1. The summed E-state index contributed by atoms with van der Waals surface area (Å²) >= 11 is 0. The number of hydrogen-bond acceptors (Lipinski definition) is 3. The fourth-order valence-electron chi connectivity index (χ4n) is 1.54. The molecule has 0 heterocycles. The van der Waals surface area contributed by atoms with E-state index in [9.17, 15) is 8.42 Å². The number of rotatable bonds is 5. The van der Waals surface area contributed by atoms with Crippen molar-refractivity contribution in [1.29, 1.82) is 0 Å². The minimum absolute atomic E-state index is 0.143. The SMILES string of the molecule is CCS(=O)(=O)N(C)CCc1ccc(N)c(C)c1. The van der Waals surface area contributed by atoms with E-state index in [-0.39, 0.29) is 5.75 Å². The first kappa shape index (κ1) is 14.0. The van der Waals surface area contributed by atoms with Gasteiger partial charge in [-0.3, -0.25) is 0 Å². The van der Waals surface area contributed by atoms with Crippen LogP contribution in [0.5, 0.6) is 0 Å². The summed E-state index contributed by atoms with van der Waals surface area (Å²) in [6, 6.07) is 5.80. The second kappa shape index (κ2) is 5.51. The lowest BCUT2D eigenvalue weighted by Gasteiger charge is -2.16. The summed E-state index contributed by atoms with van der Waals surface area (Å²) in [4.78, 5) is 0. The molecule has 17 heavy (non-hydrogen) atoms. The van der Waals surface area contributed by atoms with Crippen molar-refractivity contribution >= 4 is 15.7 Å².